The Bertz CT molecular complexity index is 388. The van der Waals surface area contributed by atoms with Crippen molar-refractivity contribution in [3.8, 4) is 0 Å². The van der Waals surface area contributed by atoms with E-state index in [9.17, 15) is 4.79 Å². The maximum Gasteiger partial charge on any atom is 0.223 e. The van der Waals surface area contributed by atoms with Gasteiger partial charge in [0.1, 0.15) is 0 Å². The zero-order valence-electron chi connectivity index (χ0n) is 14.5. The van der Waals surface area contributed by atoms with Crippen LogP contribution < -0.4 is 11.1 Å². The van der Waals surface area contributed by atoms with Gasteiger partial charge in [0.05, 0.1) is 0 Å². The third kappa shape index (κ3) is 5.41. The topological polar surface area (TPSA) is 58.4 Å². The fraction of sp³-hybridized carbons (Fsp3) is 0.941. The summed E-state index contributed by atoms with van der Waals surface area (Å²) in [6.07, 6.45) is 9.34. The Morgan fingerprint density at radius 2 is 1.79 bits per heavy atom. The molecule has 0 aromatic carbocycles. The molecule has 1 aliphatic heterocycles. The lowest BCUT2D eigenvalue weighted by atomic mass is 9.79. The van der Waals surface area contributed by atoms with Crippen LogP contribution in [-0.2, 0) is 4.79 Å². The molecule has 0 bridgehead atoms. The Hall–Kier alpha value is 0.320. The average molecular weight is 398 g/mol. The molecule has 2 aliphatic carbocycles. The zero-order chi connectivity index (χ0) is 15.4. The first-order chi connectivity index (χ1) is 10.7. The summed E-state index contributed by atoms with van der Waals surface area (Å²) in [6, 6.07) is 0.235. The second-order valence-corrected chi connectivity index (χ2v) is 8.60. The van der Waals surface area contributed by atoms with Crippen molar-refractivity contribution in [2.24, 2.45) is 11.7 Å². The predicted octanol–water partition coefficient (Wildman–Crippen LogP) is 2.83. The van der Waals surface area contributed by atoms with Gasteiger partial charge < -0.3 is 11.1 Å². The van der Waals surface area contributed by atoms with Crippen molar-refractivity contribution in [3.63, 3.8) is 0 Å². The van der Waals surface area contributed by atoms with E-state index in [1.165, 1.54) is 56.7 Å². The summed E-state index contributed by atoms with van der Waals surface area (Å²) in [4.78, 5) is 15.2. The maximum absolute atomic E-state index is 12.5. The number of hydrogen-bond acceptors (Lipinski definition) is 4. The molecule has 0 aromatic heterocycles. The van der Waals surface area contributed by atoms with Crippen molar-refractivity contribution in [1.29, 1.82) is 0 Å². The number of hydrogen-bond donors (Lipinski definition) is 2. The molecular formula is C17H33Cl2N3OS. The Morgan fingerprint density at radius 1 is 1.12 bits per heavy atom. The third-order valence-electron chi connectivity index (χ3n) is 5.90. The van der Waals surface area contributed by atoms with Crippen LogP contribution in [0.3, 0.4) is 0 Å². The van der Waals surface area contributed by atoms with Gasteiger partial charge in [-0.15, -0.1) is 24.8 Å². The van der Waals surface area contributed by atoms with E-state index in [1.54, 1.807) is 0 Å². The number of nitrogens with two attached hydrogens (primary N) is 1. The van der Waals surface area contributed by atoms with E-state index in [4.69, 9.17) is 5.73 Å². The highest BCUT2D eigenvalue weighted by molar-refractivity contribution is 7.99. The van der Waals surface area contributed by atoms with Gasteiger partial charge in [-0.3, -0.25) is 9.69 Å². The third-order valence-corrected chi connectivity index (χ3v) is 6.84. The van der Waals surface area contributed by atoms with Gasteiger partial charge in [0.2, 0.25) is 5.91 Å². The molecular weight excluding hydrogens is 365 g/mol. The molecule has 3 rings (SSSR count). The molecule has 24 heavy (non-hydrogen) atoms. The molecule has 3 aliphatic rings. The standard InChI is InChI=1S/C17H31N3OS.2ClH/c18-15-5-4-14(12-15)16(21)19-13-17(6-2-1-3-7-17)20-8-10-22-11-9-20;;/h14-15H,1-13,18H2,(H,19,21);2*1H. The van der Waals surface area contributed by atoms with E-state index >= 15 is 0 Å². The molecule has 1 heterocycles. The molecule has 4 nitrogen and oxygen atoms in total. The number of thioether (sulfide) groups is 1. The normalized spacial score (nSPS) is 30.0. The van der Waals surface area contributed by atoms with Gasteiger partial charge in [0, 0.05) is 48.6 Å². The molecule has 142 valence electrons. The Morgan fingerprint density at radius 3 is 2.38 bits per heavy atom. The number of carbonyl (C=O) groups is 1. The number of halogens is 2. The lowest BCUT2D eigenvalue weighted by Crippen LogP contribution is -2.59. The van der Waals surface area contributed by atoms with E-state index in [-0.39, 0.29) is 48.2 Å². The number of nitrogens with one attached hydrogen (secondary N) is 1. The largest absolute Gasteiger partial charge is 0.354 e. The monoisotopic (exact) mass is 397 g/mol. The van der Waals surface area contributed by atoms with Crippen LogP contribution in [0, 0.1) is 5.92 Å². The van der Waals surface area contributed by atoms with Crippen molar-refractivity contribution in [2.75, 3.05) is 31.1 Å². The SMILES string of the molecule is Cl.Cl.NC1CCC(C(=O)NCC2(N3CCSCC3)CCCCC2)C1. The minimum Gasteiger partial charge on any atom is -0.354 e. The second-order valence-electron chi connectivity index (χ2n) is 7.37. The number of nitrogens with zero attached hydrogens (tertiary/aromatic N) is 1. The zero-order valence-corrected chi connectivity index (χ0v) is 17.0. The summed E-state index contributed by atoms with van der Waals surface area (Å²) in [5.41, 5.74) is 6.19. The summed E-state index contributed by atoms with van der Waals surface area (Å²) < 4.78 is 0. The molecule has 2 saturated carbocycles. The van der Waals surface area contributed by atoms with Crippen LogP contribution in [0.15, 0.2) is 0 Å². The number of carbonyl (C=O) groups excluding carboxylic acids is 1. The van der Waals surface area contributed by atoms with E-state index < -0.39 is 0 Å². The van der Waals surface area contributed by atoms with E-state index in [2.05, 4.69) is 22.0 Å². The first-order valence-electron chi connectivity index (χ1n) is 9.06. The van der Waals surface area contributed by atoms with Crippen molar-refractivity contribution < 1.29 is 4.79 Å². The van der Waals surface area contributed by atoms with Crippen LogP contribution in [0.5, 0.6) is 0 Å². The van der Waals surface area contributed by atoms with Crippen LogP contribution in [0.2, 0.25) is 0 Å². The fourth-order valence-corrected chi connectivity index (χ4v) is 5.41. The van der Waals surface area contributed by atoms with Crippen molar-refractivity contribution in [1.82, 2.24) is 10.2 Å². The van der Waals surface area contributed by atoms with Gasteiger partial charge in [0.25, 0.3) is 0 Å². The first kappa shape index (κ1) is 22.4. The lowest BCUT2D eigenvalue weighted by molar-refractivity contribution is -0.125. The highest BCUT2D eigenvalue weighted by atomic mass is 35.5. The number of amides is 1. The summed E-state index contributed by atoms with van der Waals surface area (Å²) in [6.45, 7) is 3.23. The van der Waals surface area contributed by atoms with E-state index in [0.717, 1.165) is 25.8 Å². The molecule has 1 amide bonds. The quantitative estimate of drug-likeness (QED) is 0.765. The Kier molecular flexibility index (Phi) is 9.75. The van der Waals surface area contributed by atoms with Gasteiger partial charge in [-0.2, -0.15) is 11.8 Å². The molecule has 0 radical (unpaired) electrons. The van der Waals surface area contributed by atoms with Gasteiger partial charge in [-0.25, -0.2) is 0 Å². The summed E-state index contributed by atoms with van der Waals surface area (Å²) in [7, 11) is 0. The Balaban J connectivity index is 0.00000144. The molecule has 0 spiro atoms. The minimum atomic E-state index is 0. The van der Waals surface area contributed by atoms with Crippen LogP contribution in [-0.4, -0.2) is 53.5 Å². The first-order valence-corrected chi connectivity index (χ1v) is 10.2. The summed E-state index contributed by atoms with van der Waals surface area (Å²) in [5, 5.41) is 3.31. The molecule has 1 saturated heterocycles. The van der Waals surface area contributed by atoms with Gasteiger partial charge in [-0.1, -0.05) is 19.3 Å². The van der Waals surface area contributed by atoms with Crippen LogP contribution >= 0.6 is 36.6 Å². The molecule has 0 aromatic rings. The molecule has 3 N–H and O–H groups in total. The van der Waals surface area contributed by atoms with Crippen LogP contribution in [0.1, 0.15) is 51.4 Å². The molecule has 2 atom stereocenters. The highest BCUT2D eigenvalue weighted by Gasteiger charge is 2.39. The molecule has 2 unspecified atom stereocenters. The van der Waals surface area contributed by atoms with Gasteiger partial charge in [-0.05, 0) is 32.1 Å². The average Bonchev–Trinajstić information content (AvgIpc) is 3.01. The van der Waals surface area contributed by atoms with E-state index in [0.29, 0.717) is 0 Å². The van der Waals surface area contributed by atoms with Crippen molar-refractivity contribution >= 4 is 42.5 Å². The second kappa shape index (κ2) is 10.5. The van der Waals surface area contributed by atoms with Gasteiger partial charge >= 0.3 is 0 Å². The van der Waals surface area contributed by atoms with Gasteiger partial charge in [0.15, 0.2) is 0 Å². The molecule has 3 fully saturated rings. The minimum absolute atomic E-state index is 0. The van der Waals surface area contributed by atoms with Crippen molar-refractivity contribution in [2.45, 2.75) is 62.9 Å². The van der Waals surface area contributed by atoms with E-state index in [1.807, 2.05) is 0 Å². The van der Waals surface area contributed by atoms with Crippen LogP contribution in [0.4, 0.5) is 0 Å². The lowest BCUT2D eigenvalue weighted by Gasteiger charge is -2.48. The fourth-order valence-electron chi connectivity index (χ4n) is 4.50. The number of rotatable bonds is 4. The summed E-state index contributed by atoms with van der Waals surface area (Å²) in [5.74, 6) is 2.90. The van der Waals surface area contributed by atoms with Crippen molar-refractivity contribution in [3.05, 3.63) is 0 Å². The van der Waals surface area contributed by atoms with Crippen LogP contribution in [0.25, 0.3) is 0 Å². The summed E-state index contributed by atoms with van der Waals surface area (Å²) >= 11 is 2.06. The maximum atomic E-state index is 12.5. The smallest absolute Gasteiger partial charge is 0.223 e. The molecule has 7 heteroatoms. The highest BCUT2D eigenvalue weighted by Crippen LogP contribution is 2.35. The predicted molar refractivity (Wildman–Crippen MR) is 108 cm³/mol. The Labute approximate surface area is 163 Å².